The van der Waals surface area contributed by atoms with Crippen LogP contribution in [0.25, 0.3) is 0 Å². The molecule has 0 saturated carbocycles. The zero-order valence-electron chi connectivity index (χ0n) is 8.63. The maximum Gasteiger partial charge on any atom is 0.0694 e. The van der Waals surface area contributed by atoms with Crippen molar-refractivity contribution < 1.29 is 5.11 Å². The maximum absolute atomic E-state index is 8.74. The van der Waals surface area contributed by atoms with Crippen molar-refractivity contribution in [3.05, 3.63) is 0 Å². The Morgan fingerprint density at radius 3 is 2.31 bits per heavy atom. The minimum Gasteiger partial charge on any atom is -0.395 e. The van der Waals surface area contributed by atoms with Crippen molar-refractivity contribution >= 4 is 0 Å². The molecule has 0 aromatic heterocycles. The van der Waals surface area contributed by atoms with E-state index in [-0.39, 0.29) is 12.5 Å². The molecule has 76 valence electrons. The molecule has 1 N–H and O–H groups in total. The van der Waals surface area contributed by atoms with Gasteiger partial charge in [-0.15, -0.1) is 0 Å². The van der Waals surface area contributed by atoms with Crippen LogP contribution in [-0.2, 0) is 0 Å². The summed E-state index contributed by atoms with van der Waals surface area (Å²) in [5.41, 5.74) is 0. The predicted octanol–water partition coefficient (Wildman–Crippen LogP) is 2.87. The number of unbranched alkanes of at least 4 members (excludes halogenated alkanes) is 5. The Morgan fingerprint density at radius 1 is 1.15 bits per heavy atom. The van der Waals surface area contributed by atoms with E-state index in [4.69, 9.17) is 10.4 Å². The fourth-order valence-electron chi connectivity index (χ4n) is 1.37. The molecule has 0 aliphatic heterocycles. The molecule has 0 aliphatic rings. The molecule has 0 rings (SSSR count). The average molecular weight is 183 g/mol. The minimum absolute atomic E-state index is 0.0193. The standard InChI is InChI=1S/C11H21NO/c1-2-3-4-5-6-7-8-11(9-12)10-13/h11,13H,2-8,10H2,1H3. The quantitative estimate of drug-likeness (QED) is 0.588. The first-order valence-corrected chi connectivity index (χ1v) is 5.35. The second-order valence-corrected chi connectivity index (χ2v) is 3.57. The second-order valence-electron chi connectivity index (χ2n) is 3.57. The summed E-state index contributed by atoms with van der Waals surface area (Å²) in [4.78, 5) is 0. The molecule has 1 unspecified atom stereocenters. The van der Waals surface area contributed by atoms with Crippen molar-refractivity contribution in [2.75, 3.05) is 6.61 Å². The molecule has 2 nitrogen and oxygen atoms in total. The zero-order chi connectivity index (χ0) is 9.94. The molecular weight excluding hydrogens is 162 g/mol. The van der Waals surface area contributed by atoms with Crippen LogP contribution in [0.4, 0.5) is 0 Å². The lowest BCUT2D eigenvalue weighted by Gasteiger charge is -2.04. The first kappa shape index (κ1) is 12.4. The first-order chi connectivity index (χ1) is 6.35. The Morgan fingerprint density at radius 2 is 1.77 bits per heavy atom. The SMILES string of the molecule is CCCCCCCCC(C#N)CO. The Bertz CT molecular complexity index is 140. The molecule has 1 atom stereocenters. The van der Waals surface area contributed by atoms with Gasteiger partial charge in [-0.3, -0.25) is 0 Å². The molecule has 0 fully saturated rings. The van der Waals surface area contributed by atoms with E-state index in [0.29, 0.717) is 0 Å². The summed E-state index contributed by atoms with van der Waals surface area (Å²) in [5, 5.41) is 17.3. The summed E-state index contributed by atoms with van der Waals surface area (Å²) >= 11 is 0. The van der Waals surface area contributed by atoms with Gasteiger partial charge in [0.2, 0.25) is 0 Å². The van der Waals surface area contributed by atoms with Crippen molar-refractivity contribution in [2.45, 2.75) is 51.9 Å². The van der Waals surface area contributed by atoms with Crippen molar-refractivity contribution in [2.24, 2.45) is 5.92 Å². The number of aliphatic hydroxyl groups is 1. The highest BCUT2D eigenvalue weighted by molar-refractivity contribution is 4.81. The molecule has 0 amide bonds. The number of hydrogen-bond donors (Lipinski definition) is 1. The highest BCUT2D eigenvalue weighted by atomic mass is 16.3. The smallest absolute Gasteiger partial charge is 0.0694 e. The topological polar surface area (TPSA) is 44.0 Å². The fraction of sp³-hybridized carbons (Fsp3) is 0.909. The van der Waals surface area contributed by atoms with Crippen molar-refractivity contribution in [1.29, 1.82) is 5.26 Å². The summed E-state index contributed by atoms with van der Waals surface area (Å²) in [7, 11) is 0. The lowest BCUT2D eigenvalue weighted by Crippen LogP contribution is -2.02. The highest BCUT2D eigenvalue weighted by Crippen LogP contribution is 2.11. The molecular formula is C11H21NO. The molecule has 0 spiro atoms. The third kappa shape index (κ3) is 7.80. The number of nitrogens with zero attached hydrogens (tertiary/aromatic N) is 1. The second kappa shape index (κ2) is 9.54. The summed E-state index contributed by atoms with van der Waals surface area (Å²) in [6.07, 6.45) is 8.34. The van der Waals surface area contributed by atoms with Crippen molar-refractivity contribution in [1.82, 2.24) is 0 Å². The van der Waals surface area contributed by atoms with E-state index in [0.717, 1.165) is 12.8 Å². The maximum atomic E-state index is 8.74. The minimum atomic E-state index is -0.133. The number of aliphatic hydroxyl groups excluding tert-OH is 1. The van der Waals surface area contributed by atoms with Crippen molar-refractivity contribution in [3.63, 3.8) is 0 Å². The van der Waals surface area contributed by atoms with E-state index in [2.05, 4.69) is 13.0 Å². The van der Waals surface area contributed by atoms with E-state index >= 15 is 0 Å². The van der Waals surface area contributed by atoms with Gasteiger partial charge in [-0.2, -0.15) is 5.26 Å². The van der Waals surface area contributed by atoms with E-state index < -0.39 is 0 Å². The Hall–Kier alpha value is -0.550. The molecule has 0 saturated heterocycles. The van der Waals surface area contributed by atoms with Crippen LogP contribution in [0.1, 0.15) is 51.9 Å². The van der Waals surface area contributed by atoms with Crippen LogP contribution in [0.3, 0.4) is 0 Å². The summed E-state index contributed by atoms with van der Waals surface area (Å²) in [6, 6.07) is 2.10. The fourth-order valence-corrected chi connectivity index (χ4v) is 1.37. The molecule has 0 aliphatic carbocycles. The number of hydrogen-bond acceptors (Lipinski definition) is 2. The predicted molar refractivity (Wildman–Crippen MR) is 54.2 cm³/mol. The highest BCUT2D eigenvalue weighted by Gasteiger charge is 2.03. The molecule has 0 aromatic carbocycles. The van der Waals surface area contributed by atoms with Crippen LogP contribution in [0.5, 0.6) is 0 Å². The summed E-state index contributed by atoms with van der Waals surface area (Å²) < 4.78 is 0. The van der Waals surface area contributed by atoms with E-state index in [1.54, 1.807) is 0 Å². The van der Waals surface area contributed by atoms with Crippen LogP contribution in [0, 0.1) is 17.2 Å². The van der Waals surface area contributed by atoms with Gasteiger partial charge < -0.3 is 5.11 Å². The Balaban J connectivity index is 3.11. The van der Waals surface area contributed by atoms with Gasteiger partial charge in [-0.25, -0.2) is 0 Å². The van der Waals surface area contributed by atoms with Crippen LogP contribution < -0.4 is 0 Å². The van der Waals surface area contributed by atoms with Crippen LogP contribution >= 0.6 is 0 Å². The van der Waals surface area contributed by atoms with Gasteiger partial charge >= 0.3 is 0 Å². The third-order valence-corrected chi connectivity index (χ3v) is 2.31. The zero-order valence-corrected chi connectivity index (χ0v) is 8.63. The normalized spacial score (nSPS) is 12.4. The molecule has 0 radical (unpaired) electrons. The van der Waals surface area contributed by atoms with Gasteiger partial charge in [-0.05, 0) is 6.42 Å². The molecule has 2 heteroatoms. The Labute approximate surface area is 81.6 Å². The molecule has 0 bridgehead atoms. The average Bonchev–Trinajstić information content (AvgIpc) is 2.17. The van der Waals surface area contributed by atoms with Crippen LogP contribution in [0.2, 0.25) is 0 Å². The van der Waals surface area contributed by atoms with Gasteiger partial charge in [0, 0.05) is 0 Å². The van der Waals surface area contributed by atoms with Gasteiger partial charge in [0.15, 0.2) is 0 Å². The third-order valence-electron chi connectivity index (χ3n) is 2.31. The van der Waals surface area contributed by atoms with Gasteiger partial charge in [-0.1, -0.05) is 45.4 Å². The Kier molecular flexibility index (Phi) is 9.13. The monoisotopic (exact) mass is 183 g/mol. The van der Waals surface area contributed by atoms with Crippen molar-refractivity contribution in [3.8, 4) is 6.07 Å². The van der Waals surface area contributed by atoms with Gasteiger partial charge in [0.1, 0.15) is 0 Å². The summed E-state index contributed by atoms with van der Waals surface area (Å²) in [5.74, 6) is -0.133. The lowest BCUT2D eigenvalue weighted by molar-refractivity contribution is 0.247. The largest absolute Gasteiger partial charge is 0.395 e. The molecule has 13 heavy (non-hydrogen) atoms. The first-order valence-electron chi connectivity index (χ1n) is 5.35. The lowest BCUT2D eigenvalue weighted by atomic mass is 10.0. The number of rotatable bonds is 8. The molecule has 0 aromatic rings. The summed E-state index contributed by atoms with van der Waals surface area (Å²) in [6.45, 7) is 2.23. The van der Waals surface area contributed by atoms with Gasteiger partial charge in [0.05, 0.1) is 18.6 Å². The molecule has 0 heterocycles. The van der Waals surface area contributed by atoms with E-state index in [1.807, 2.05) is 0 Å². The van der Waals surface area contributed by atoms with Gasteiger partial charge in [0.25, 0.3) is 0 Å². The van der Waals surface area contributed by atoms with Crippen LogP contribution in [0.15, 0.2) is 0 Å². The van der Waals surface area contributed by atoms with E-state index in [1.165, 1.54) is 32.1 Å². The van der Waals surface area contributed by atoms with Crippen LogP contribution in [-0.4, -0.2) is 11.7 Å². The van der Waals surface area contributed by atoms with E-state index in [9.17, 15) is 0 Å². The number of nitriles is 1.